The zero-order valence-corrected chi connectivity index (χ0v) is 30.4. The molecule has 0 spiro atoms. The second-order valence-electron chi connectivity index (χ2n) is 13.9. The largest absolute Gasteiger partial charge is 0.377 e. The molecule has 1 aliphatic carbocycles. The van der Waals surface area contributed by atoms with Crippen LogP contribution in [0.4, 0.5) is 0 Å². The predicted molar refractivity (Wildman–Crippen MR) is 194 cm³/mol. The van der Waals surface area contributed by atoms with E-state index in [1.807, 2.05) is 11.8 Å². The Morgan fingerprint density at radius 1 is 0.738 bits per heavy atom. The van der Waals surface area contributed by atoms with Gasteiger partial charge in [0.05, 0.1) is 6.10 Å². The van der Waals surface area contributed by atoms with Gasteiger partial charge in [0.25, 0.3) is 0 Å². The third-order valence-electron chi connectivity index (χ3n) is 10.8. The van der Waals surface area contributed by atoms with Gasteiger partial charge in [0.2, 0.25) is 0 Å². The van der Waals surface area contributed by atoms with E-state index in [1.165, 1.54) is 141 Å². The molecular weight excluding hydrogens is 529 g/mol. The lowest BCUT2D eigenvalue weighted by Gasteiger charge is -2.40. The maximum absolute atomic E-state index is 6.44. The normalized spacial score (nSPS) is 22.5. The van der Waals surface area contributed by atoms with Crippen LogP contribution in [0.2, 0.25) is 0 Å². The molecule has 0 N–H and O–H groups in total. The first kappa shape index (κ1) is 39.8. The van der Waals surface area contributed by atoms with Crippen LogP contribution in [0.15, 0.2) is 24.3 Å². The first-order chi connectivity index (χ1) is 20.6. The van der Waals surface area contributed by atoms with Gasteiger partial charge in [0.1, 0.15) is 0 Å². The minimum atomic E-state index is 0.459. The molecule has 0 saturated heterocycles. The van der Waals surface area contributed by atoms with Crippen molar-refractivity contribution < 1.29 is 4.74 Å². The SMILES string of the molecule is CCCCC/C=C\C/C=C\CCCCCCCCOC(CCCC1CCC(C(CC)CCCCC)C1(C)CC)CSC. The fourth-order valence-electron chi connectivity index (χ4n) is 7.82. The van der Waals surface area contributed by atoms with E-state index in [4.69, 9.17) is 4.74 Å². The first-order valence-electron chi connectivity index (χ1n) is 19.0. The van der Waals surface area contributed by atoms with E-state index >= 15 is 0 Å². The summed E-state index contributed by atoms with van der Waals surface area (Å²) >= 11 is 1.97. The van der Waals surface area contributed by atoms with E-state index in [0.717, 1.165) is 36.5 Å². The number of hydrogen-bond donors (Lipinski definition) is 0. The lowest BCUT2D eigenvalue weighted by atomic mass is 9.65. The topological polar surface area (TPSA) is 9.23 Å². The Kier molecular flexibility index (Phi) is 25.7. The molecule has 1 nitrogen and oxygen atoms in total. The molecular formula is C40H76OS. The predicted octanol–water partition coefficient (Wildman–Crippen LogP) is 13.8. The number of hydrogen-bond acceptors (Lipinski definition) is 2. The Bertz CT molecular complexity index is 642. The fourth-order valence-corrected chi connectivity index (χ4v) is 8.46. The maximum atomic E-state index is 6.44. The van der Waals surface area contributed by atoms with Crippen LogP contribution in [0.3, 0.4) is 0 Å². The van der Waals surface area contributed by atoms with Gasteiger partial charge in [-0.3, -0.25) is 0 Å². The summed E-state index contributed by atoms with van der Waals surface area (Å²) < 4.78 is 6.44. The van der Waals surface area contributed by atoms with Crippen LogP contribution in [0.5, 0.6) is 0 Å². The highest BCUT2D eigenvalue weighted by molar-refractivity contribution is 7.98. The number of thioether (sulfide) groups is 1. The smallest absolute Gasteiger partial charge is 0.0665 e. The van der Waals surface area contributed by atoms with Crippen LogP contribution in [0.1, 0.15) is 182 Å². The van der Waals surface area contributed by atoms with Crippen LogP contribution in [0.25, 0.3) is 0 Å². The molecule has 0 bridgehead atoms. The summed E-state index contributed by atoms with van der Waals surface area (Å²) in [4.78, 5) is 0. The lowest BCUT2D eigenvalue weighted by molar-refractivity contribution is 0.0527. The highest BCUT2D eigenvalue weighted by Crippen LogP contribution is 2.56. The Morgan fingerprint density at radius 2 is 1.38 bits per heavy atom. The van der Waals surface area contributed by atoms with Gasteiger partial charge in [-0.15, -0.1) is 0 Å². The molecule has 5 atom stereocenters. The van der Waals surface area contributed by atoms with Gasteiger partial charge >= 0.3 is 0 Å². The highest BCUT2D eigenvalue weighted by Gasteiger charge is 2.47. The van der Waals surface area contributed by atoms with Gasteiger partial charge in [-0.05, 0) is 93.6 Å². The molecule has 0 aliphatic heterocycles. The first-order valence-corrected chi connectivity index (χ1v) is 20.4. The van der Waals surface area contributed by atoms with Crippen LogP contribution in [-0.4, -0.2) is 24.7 Å². The number of unbranched alkanes of at least 4 members (excludes halogenated alkanes) is 11. The van der Waals surface area contributed by atoms with Crippen molar-refractivity contribution in [3.8, 4) is 0 Å². The summed E-state index contributed by atoms with van der Waals surface area (Å²) in [6.07, 6.45) is 43.3. The standard InChI is InChI=1S/C40H76OS/c1-7-11-13-14-15-16-17-18-19-20-21-22-23-24-25-27-34-41-38(35-42-6)31-28-30-37-32-33-39(40(37,5)10-4)36(9-3)29-26-12-8-2/h15-16,18-19,36-39H,7-14,17,20-35H2,1-6H3/b16-15-,19-18-. The minimum absolute atomic E-state index is 0.459. The van der Waals surface area contributed by atoms with Crippen molar-refractivity contribution in [3.05, 3.63) is 24.3 Å². The van der Waals surface area contributed by atoms with E-state index in [0.29, 0.717) is 11.5 Å². The van der Waals surface area contributed by atoms with Crippen LogP contribution in [-0.2, 0) is 4.74 Å². The van der Waals surface area contributed by atoms with Gasteiger partial charge in [0.15, 0.2) is 0 Å². The zero-order chi connectivity index (χ0) is 30.7. The molecule has 248 valence electrons. The molecule has 1 aliphatic rings. The van der Waals surface area contributed by atoms with Crippen molar-refractivity contribution in [3.63, 3.8) is 0 Å². The Morgan fingerprint density at radius 3 is 2.02 bits per heavy atom. The van der Waals surface area contributed by atoms with E-state index in [2.05, 4.69) is 65.2 Å². The van der Waals surface area contributed by atoms with Gasteiger partial charge < -0.3 is 4.74 Å². The third kappa shape index (κ3) is 17.3. The molecule has 2 heteroatoms. The molecule has 42 heavy (non-hydrogen) atoms. The summed E-state index contributed by atoms with van der Waals surface area (Å²) in [5, 5.41) is 0. The van der Waals surface area contributed by atoms with E-state index in [9.17, 15) is 0 Å². The summed E-state index contributed by atoms with van der Waals surface area (Å²) in [6.45, 7) is 13.2. The van der Waals surface area contributed by atoms with Crippen molar-refractivity contribution in [1.29, 1.82) is 0 Å². The monoisotopic (exact) mass is 605 g/mol. The van der Waals surface area contributed by atoms with Crippen molar-refractivity contribution in [1.82, 2.24) is 0 Å². The van der Waals surface area contributed by atoms with Crippen LogP contribution < -0.4 is 0 Å². The maximum Gasteiger partial charge on any atom is 0.0665 e. The average molecular weight is 605 g/mol. The summed E-state index contributed by atoms with van der Waals surface area (Å²) in [7, 11) is 0. The average Bonchev–Trinajstić information content (AvgIpc) is 3.32. The second kappa shape index (κ2) is 27.1. The summed E-state index contributed by atoms with van der Waals surface area (Å²) in [5.41, 5.74) is 0.559. The third-order valence-corrected chi connectivity index (χ3v) is 11.5. The number of allylic oxidation sites excluding steroid dienone is 4. The molecule has 0 aromatic rings. The minimum Gasteiger partial charge on any atom is -0.377 e. The van der Waals surface area contributed by atoms with E-state index in [1.54, 1.807) is 0 Å². The van der Waals surface area contributed by atoms with E-state index in [-0.39, 0.29) is 0 Å². The molecule has 0 radical (unpaired) electrons. The molecule has 0 aromatic heterocycles. The highest BCUT2D eigenvalue weighted by atomic mass is 32.2. The van der Waals surface area contributed by atoms with Gasteiger partial charge in [0, 0.05) is 12.4 Å². The number of rotatable bonds is 29. The summed E-state index contributed by atoms with van der Waals surface area (Å²) in [5.74, 6) is 4.00. The second-order valence-corrected chi connectivity index (χ2v) is 14.8. The van der Waals surface area contributed by atoms with Gasteiger partial charge in [-0.2, -0.15) is 11.8 Å². The zero-order valence-electron chi connectivity index (χ0n) is 29.6. The summed E-state index contributed by atoms with van der Waals surface area (Å²) in [6, 6.07) is 0. The van der Waals surface area contributed by atoms with Gasteiger partial charge in [-0.25, -0.2) is 0 Å². The van der Waals surface area contributed by atoms with Crippen molar-refractivity contribution in [2.24, 2.45) is 23.2 Å². The molecule has 1 saturated carbocycles. The van der Waals surface area contributed by atoms with Crippen molar-refractivity contribution in [2.45, 2.75) is 188 Å². The Labute approximate surface area is 270 Å². The van der Waals surface area contributed by atoms with Crippen LogP contribution >= 0.6 is 11.8 Å². The number of ether oxygens (including phenoxy) is 1. The molecule has 1 rings (SSSR count). The quantitative estimate of drug-likeness (QED) is 0.0620. The Balaban J connectivity index is 2.18. The molecule has 1 fully saturated rings. The van der Waals surface area contributed by atoms with Gasteiger partial charge in [-0.1, -0.05) is 142 Å². The Hall–Kier alpha value is -0.210. The van der Waals surface area contributed by atoms with Crippen LogP contribution in [0, 0.1) is 23.2 Å². The molecule has 0 heterocycles. The van der Waals surface area contributed by atoms with Crippen molar-refractivity contribution in [2.75, 3.05) is 18.6 Å². The van der Waals surface area contributed by atoms with Crippen molar-refractivity contribution >= 4 is 11.8 Å². The lowest BCUT2D eigenvalue weighted by Crippen LogP contribution is -2.33. The molecule has 0 amide bonds. The van der Waals surface area contributed by atoms with E-state index < -0.39 is 0 Å². The molecule has 0 aromatic carbocycles. The molecule has 5 unspecified atom stereocenters. The fraction of sp³-hybridized carbons (Fsp3) is 0.900.